The summed E-state index contributed by atoms with van der Waals surface area (Å²) in [5, 5.41) is 2.59. The molecule has 0 aliphatic carbocycles. The SMILES string of the molecule is CNC(=O)/C=C/c1cccc(-c2nc3ccccc3n2-c2ccc(OC)cc2)c1. The van der Waals surface area contributed by atoms with Gasteiger partial charge in [0, 0.05) is 24.4 Å². The molecule has 0 saturated carbocycles. The molecule has 0 aliphatic rings. The first kappa shape index (κ1) is 18.5. The summed E-state index contributed by atoms with van der Waals surface area (Å²) in [6, 6.07) is 24.0. The monoisotopic (exact) mass is 383 g/mol. The Balaban J connectivity index is 1.86. The minimum absolute atomic E-state index is 0.138. The maximum Gasteiger partial charge on any atom is 0.243 e. The van der Waals surface area contributed by atoms with Gasteiger partial charge in [0.05, 0.1) is 18.1 Å². The zero-order chi connectivity index (χ0) is 20.2. The van der Waals surface area contributed by atoms with Crippen molar-refractivity contribution in [2.45, 2.75) is 0 Å². The smallest absolute Gasteiger partial charge is 0.243 e. The van der Waals surface area contributed by atoms with Gasteiger partial charge in [0.25, 0.3) is 0 Å². The van der Waals surface area contributed by atoms with E-state index in [-0.39, 0.29) is 5.91 Å². The molecule has 1 aromatic heterocycles. The number of para-hydroxylation sites is 2. The van der Waals surface area contributed by atoms with Crippen molar-refractivity contribution in [1.82, 2.24) is 14.9 Å². The number of aromatic nitrogens is 2. The molecule has 4 aromatic rings. The molecule has 4 rings (SSSR count). The van der Waals surface area contributed by atoms with Gasteiger partial charge in [-0.15, -0.1) is 0 Å². The van der Waals surface area contributed by atoms with E-state index in [1.54, 1.807) is 20.2 Å². The Bertz CT molecular complexity index is 1190. The molecule has 0 radical (unpaired) electrons. The third-order valence-electron chi connectivity index (χ3n) is 4.71. The van der Waals surface area contributed by atoms with Gasteiger partial charge in [-0.25, -0.2) is 4.98 Å². The van der Waals surface area contributed by atoms with Crippen LogP contribution in [-0.2, 0) is 4.79 Å². The number of carbonyl (C=O) groups is 1. The van der Waals surface area contributed by atoms with Crippen molar-refractivity contribution < 1.29 is 9.53 Å². The molecule has 1 amide bonds. The fourth-order valence-corrected chi connectivity index (χ4v) is 3.25. The van der Waals surface area contributed by atoms with Crippen LogP contribution in [0.4, 0.5) is 0 Å². The van der Waals surface area contributed by atoms with Crippen molar-refractivity contribution in [3.63, 3.8) is 0 Å². The second kappa shape index (κ2) is 8.02. The molecule has 1 heterocycles. The lowest BCUT2D eigenvalue weighted by Gasteiger charge is -2.11. The highest BCUT2D eigenvalue weighted by atomic mass is 16.5. The van der Waals surface area contributed by atoms with Crippen LogP contribution in [-0.4, -0.2) is 29.6 Å². The largest absolute Gasteiger partial charge is 0.497 e. The molecule has 0 unspecified atom stereocenters. The predicted octanol–water partition coefficient (Wildman–Crippen LogP) is 4.46. The number of hydrogen-bond donors (Lipinski definition) is 1. The minimum atomic E-state index is -0.138. The highest BCUT2D eigenvalue weighted by Crippen LogP contribution is 2.30. The first-order chi connectivity index (χ1) is 14.2. The number of methoxy groups -OCH3 is 1. The van der Waals surface area contributed by atoms with E-state index in [2.05, 4.69) is 16.0 Å². The number of hydrogen-bond acceptors (Lipinski definition) is 3. The van der Waals surface area contributed by atoms with Gasteiger partial charge in [0.15, 0.2) is 0 Å². The van der Waals surface area contributed by atoms with Gasteiger partial charge in [0.2, 0.25) is 5.91 Å². The maximum absolute atomic E-state index is 11.5. The lowest BCUT2D eigenvalue weighted by Crippen LogP contribution is -2.13. The van der Waals surface area contributed by atoms with E-state index in [1.807, 2.05) is 66.7 Å². The predicted molar refractivity (Wildman–Crippen MR) is 116 cm³/mol. The molecule has 0 bridgehead atoms. The van der Waals surface area contributed by atoms with E-state index < -0.39 is 0 Å². The summed E-state index contributed by atoms with van der Waals surface area (Å²) in [7, 11) is 3.27. The van der Waals surface area contributed by atoms with Crippen molar-refractivity contribution in [2.75, 3.05) is 14.2 Å². The normalized spacial score (nSPS) is 11.1. The Labute approximate surface area is 169 Å². The summed E-state index contributed by atoms with van der Waals surface area (Å²) in [5.41, 5.74) is 4.85. The topological polar surface area (TPSA) is 56.2 Å². The summed E-state index contributed by atoms with van der Waals surface area (Å²) < 4.78 is 7.43. The average molecular weight is 383 g/mol. The van der Waals surface area contributed by atoms with Crippen molar-refractivity contribution in [3.05, 3.63) is 84.4 Å². The number of carbonyl (C=O) groups excluding carboxylic acids is 1. The Morgan fingerprint density at radius 2 is 1.83 bits per heavy atom. The fourth-order valence-electron chi connectivity index (χ4n) is 3.25. The van der Waals surface area contributed by atoms with Gasteiger partial charge in [-0.2, -0.15) is 0 Å². The number of amides is 1. The molecule has 0 aliphatic heterocycles. The molecule has 0 atom stereocenters. The number of nitrogens with zero attached hydrogens (tertiary/aromatic N) is 2. The van der Waals surface area contributed by atoms with E-state index in [9.17, 15) is 4.79 Å². The molecule has 5 nitrogen and oxygen atoms in total. The van der Waals surface area contributed by atoms with Gasteiger partial charge < -0.3 is 10.1 Å². The van der Waals surface area contributed by atoms with Gasteiger partial charge >= 0.3 is 0 Å². The van der Waals surface area contributed by atoms with Crippen molar-refractivity contribution >= 4 is 23.0 Å². The summed E-state index contributed by atoms with van der Waals surface area (Å²) in [5.74, 6) is 1.51. The minimum Gasteiger partial charge on any atom is -0.497 e. The Kier molecular flexibility index (Phi) is 5.12. The molecule has 3 aromatic carbocycles. The lowest BCUT2D eigenvalue weighted by molar-refractivity contribution is -0.115. The summed E-state index contributed by atoms with van der Waals surface area (Å²) in [6.45, 7) is 0. The van der Waals surface area contributed by atoms with E-state index >= 15 is 0 Å². The van der Waals surface area contributed by atoms with Crippen LogP contribution in [0.2, 0.25) is 0 Å². The van der Waals surface area contributed by atoms with Gasteiger partial charge in [-0.3, -0.25) is 9.36 Å². The molecular formula is C24H21N3O2. The Morgan fingerprint density at radius 3 is 2.59 bits per heavy atom. The van der Waals surface area contributed by atoms with Crippen LogP contribution in [0, 0.1) is 0 Å². The third kappa shape index (κ3) is 3.75. The van der Waals surface area contributed by atoms with Crippen molar-refractivity contribution in [2.24, 2.45) is 0 Å². The van der Waals surface area contributed by atoms with E-state index in [1.165, 1.54) is 6.08 Å². The molecule has 0 saturated heterocycles. The van der Waals surface area contributed by atoms with Crippen LogP contribution in [0.1, 0.15) is 5.56 Å². The highest BCUT2D eigenvalue weighted by molar-refractivity contribution is 5.91. The van der Waals surface area contributed by atoms with Crippen LogP contribution in [0.25, 0.3) is 34.2 Å². The summed E-state index contributed by atoms with van der Waals surface area (Å²) >= 11 is 0. The standard InChI is InChI=1S/C24H21N3O2/c1-25-23(28)15-10-17-6-5-7-18(16-17)24-26-21-8-3-4-9-22(21)27(24)19-11-13-20(29-2)14-12-19/h3-16H,1-2H3,(H,25,28)/b15-10+. The number of ether oxygens (including phenoxy) is 1. The maximum atomic E-state index is 11.5. The lowest BCUT2D eigenvalue weighted by atomic mass is 10.1. The van der Waals surface area contributed by atoms with E-state index in [0.717, 1.165) is 39.4 Å². The second-order valence-corrected chi connectivity index (χ2v) is 6.53. The van der Waals surface area contributed by atoms with Gasteiger partial charge in [-0.05, 0) is 54.1 Å². The van der Waals surface area contributed by atoms with Crippen molar-refractivity contribution in [1.29, 1.82) is 0 Å². The quantitative estimate of drug-likeness (QED) is 0.518. The average Bonchev–Trinajstić information content (AvgIpc) is 3.17. The zero-order valence-corrected chi connectivity index (χ0v) is 16.3. The molecule has 1 N–H and O–H groups in total. The molecule has 0 fully saturated rings. The van der Waals surface area contributed by atoms with Crippen LogP contribution >= 0.6 is 0 Å². The first-order valence-corrected chi connectivity index (χ1v) is 9.32. The highest BCUT2D eigenvalue weighted by Gasteiger charge is 2.14. The number of benzene rings is 3. The molecular weight excluding hydrogens is 362 g/mol. The molecule has 0 spiro atoms. The number of rotatable bonds is 5. The first-order valence-electron chi connectivity index (χ1n) is 9.32. The zero-order valence-electron chi connectivity index (χ0n) is 16.3. The second-order valence-electron chi connectivity index (χ2n) is 6.53. The van der Waals surface area contributed by atoms with Crippen LogP contribution in [0.15, 0.2) is 78.9 Å². The Hall–Kier alpha value is -3.86. The van der Waals surface area contributed by atoms with Gasteiger partial charge in [0.1, 0.15) is 11.6 Å². The number of imidazole rings is 1. The van der Waals surface area contributed by atoms with Crippen molar-refractivity contribution in [3.8, 4) is 22.8 Å². The number of fused-ring (bicyclic) bond motifs is 1. The Morgan fingerprint density at radius 1 is 1.03 bits per heavy atom. The molecule has 5 heteroatoms. The number of nitrogens with one attached hydrogen (secondary N) is 1. The fraction of sp³-hybridized carbons (Fsp3) is 0.0833. The van der Waals surface area contributed by atoms with E-state index in [4.69, 9.17) is 9.72 Å². The molecule has 29 heavy (non-hydrogen) atoms. The van der Waals surface area contributed by atoms with Gasteiger partial charge in [-0.1, -0.05) is 30.3 Å². The molecule has 144 valence electrons. The van der Waals surface area contributed by atoms with Crippen LogP contribution in [0.5, 0.6) is 5.75 Å². The summed E-state index contributed by atoms with van der Waals surface area (Å²) in [6.07, 6.45) is 3.31. The van der Waals surface area contributed by atoms with E-state index in [0.29, 0.717) is 0 Å². The third-order valence-corrected chi connectivity index (χ3v) is 4.71. The van der Waals surface area contributed by atoms with Crippen LogP contribution < -0.4 is 10.1 Å². The summed E-state index contributed by atoms with van der Waals surface area (Å²) in [4.78, 5) is 16.4. The number of likely N-dealkylation sites (N-methyl/N-ethyl adjacent to an activating group) is 1. The van der Waals surface area contributed by atoms with Crippen LogP contribution in [0.3, 0.4) is 0 Å².